The van der Waals surface area contributed by atoms with Gasteiger partial charge in [0.25, 0.3) is 0 Å². The maximum absolute atomic E-state index is 6.44. The van der Waals surface area contributed by atoms with Gasteiger partial charge in [-0.25, -0.2) is 4.98 Å². The number of benzene rings is 5. The first-order valence-electron chi connectivity index (χ1n) is 13.5. The molecule has 0 fully saturated rings. The van der Waals surface area contributed by atoms with Crippen molar-refractivity contribution in [2.24, 2.45) is 0 Å². The van der Waals surface area contributed by atoms with Crippen LogP contribution in [0.1, 0.15) is 11.1 Å². The van der Waals surface area contributed by atoms with Crippen LogP contribution in [0.15, 0.2) is 133 Å². The standard InChI is InChI=1S/C37H24N2O/c1-3-11-25(12-4-1)29-21-32(26-13-5-2-6-14-26)38-37(23-29)39-33-17-9-8-16-30(33)31-24-36-28(22-34(31)39)20-19-27-15-7-10-18-35(27)40-36/h1-24H. The van der Waals surface area contributed by atoms with Gasteiger partial charge in [-0.1, -0.05) is 109 Å². The van der Waals surface area contributed by atoms with E-state index in [1.807, 2.05) is 24.3 Å². The summed E-state index contributed by atoms with van der Waals surface area (Å²) in [6, 6.07) is 46.4. The molecule has 0 radical (unpaired) electrons. The van der Waals surface area contributed by atoms with Crippen molar-refractivity contribution in [3.63, 3.8) is 0 Å². The fraction of sp³-hybridized carbons (Fsp3) is 0. The van der Waals surface area contributed by atoms with Crippen LogP contribution < -0.4 is 4.74 Å². The molecule has 1 aliphatic heterocycles. The van der Waals surface area contributed by atoms with Gasteiger partial charge in [0.1, 0.15) is 17.3 Å². The Morgan fingerprint density at radius 3 is 2.02 bits per heavy atom. The van der Waals surface area contributed by atoms with Crippen LogP contribution in [0, 0.1) is 0 Å². The van der Waals surface area contributed by atoms with Crippen LogP contribution in [0.3, 0.4) is 0 Å². The topological polar surface area (TPSA) is 27.1 Å². The molecule has 0 saturated heterocycles. The summed E-state index contributed by atoms with van der Waals surface area (Å²) < 4.78 is 8.73. The highest BCUT2D eigenvalue weighted by Crippen LogP contribution is 2.41. The van der Waals surface area contributed by atoms with Crippen molar-refractivity contribution >= 4 is 34.0 Å². The van der Waals surface area contributed by atoms with E-state index in [4.69, 9.17) is 9.72 Å². The molecule has 40 heavy (non-hydrogen) atoms. The zero-order chi connectivity index (χ0) is 26.5. The summed E-state index contributed by atoms with van der Waals surface area (Å²) in [7, 11) is 0. The van der Waals surface area contributed by atoms with E-state index in [2.05, 4.69) is 126 Å². The summed E-state index contributed by atoms with van der Waals surface area (Å²) >= 11 is 0. The van der Waals surface area contributed by atoms with Crippen molar-refractivity contribution in [1.82, 2.24) is 9.55 Å². The number of hydrogen-bond donors (Lipinski definition) is 0. The van der Waals surface area contributed by atoms with Crippen LogP contribution in [-0.2, 0) is 0 Å². The van der Waals surface area contributed by atoms with Gasteiger partial charge in [0.2, 0.25) is 0 Å². The Balaban J connectivity index is 1.42. The average Bonchev–Trinajstić information content (AvgIpc) is 3.22. The Labute approximate surface area is 232 Å². The molecule has 0 unspecified atom stereocenters. The first-order chi connectivity index (χ1) is 19.8. The van der Waals surface area contributed by atoms with Gasteiger partial charge in [-0.15, -0.1) is 0 Å². The molecule has 8 rings (SSSR count). The molecule has 1 aliphatic rings. The van der Waals surface area contributed by atoms with E-state index < -0.39 is 0 Å². The van der Waals surface area contributed by atoms with Crippen LogP contribution in [0.4, 0.5) is 0 Å². The minimum absolute atomic E-state index is 0.854. The molecule has 2 aromatic heterocycles. The monoisotopic (exact) mass is 512 g/mol. The zero-order valence-corrected chi connectivity index (χ0v) is 21.7. The second kappa shape index (κ2) is 9.11. The number of ether oxygens (including phenoxy) is 1. The van der Waals surface area contributed by atoms with Gasteiger partial charge in [-0.2, -0.15) is 0 Å². The van der Waals surface area contributed by atoms with Crippen LogP contribution in [0.2, 0.25) is 0 Å². The maximum Gasteiger partial charge on any atom is 0.138 e. The largest absolute Gasteiger partial charge is 0.456 e. The molecule has 0 atom stereocenters. The average molecular weight is 513 g/mol. The lowest BCUT2D eigenvalue weighted by Gasteiger charge is -2.14. The molecule has 188 valence electrons. The van der Waals surface area contributed by atoms with Crippen LogP contribution >= 0.6 is 0 Å². The molecule has 5 aromatic carbocycles. The number of pyridine rings is 1. The Bertz CT molecular complexity index is 2010. The third-order valence-electron chi connectivity index (χ3n) is 7.60. The van der Waals surface area contributed by atoms with Crippen molar-refractivity contribution in [3.8, 4) is 39.7 Å². The van der Waals surface area contributed by atoms with E-state index in [9.17, 15) is 0 Å². The third kappa shape index (κ3) is 3.71. The highest BCUT2D eigenvalue weighted by molar-refractivity contribution is 6.10. The van der Waals surface area contributed by atoms with E-state index >= 15 is 0 Å². The molecule has 0 bridgehead atoms. The zero-order valence-electron chi connectivity index (χ0n) is 21.7. The van der Waals surface area contributed by atoms with Gasteiger partial charge in [-0.05, 0) is 47.5 Å². The number of rotatable bonds is 3. The molecule has 0 aliphatic carbocycles. The lowest BCUT2D eigenvalue weighted by molar-refractivity contribution is 0.482. The molecule has 0 amide bonds. The number of nitrogens with zero attached hydrogens (tertiary/aromatic N) is 2. The van der Waals surface area contributed by atoms with Gasteiger partial charge in [0, 0.05) is 27.5 Å². The summed E-state index contributed by atoms with van der Waals surface area (Å²) in [5, 5.41) is 2.30. The highest BCUT2D eigenvalue weighted by atomic mass is 16.5. The Hall–Kier alpha value is -5.41. The van der Waals surface area contributed by atoms with E-state index in [0.29, 0.717) is 0 Å². The van der Waals surface area contributed by atoms with Crippen molar-refractivity contribution in [2.75, 3.05) is 0 Å². The number of aromatic nitrogens is 2. The quantitative estimate of drug-likeness (QED) is 0.236. The van der Waals surface area contributed by atoms with E-state index in [0.717, 1.165) is 67.2 Å². The third-order valence-corrected chi connectivity index (χ3v) is 7.60. The summed E-state index contributed by atoms with van der Waals surface area (Å²) in [6.45, 7) is 0. The second-order valence-electron chi connectivity index (χ2n) is 10.1. The van der Waals surface area contributed by atoms with Crippen molar-refractivity contribution in [2.45, 2.75) is 0 Å². The minimum Gasteiger partial charge on any atom is -0.456 e. The molecule has 3 heterocycles. The molecule has 0 saturated carbocycles. The van der Waals surface area contributed by atoms with Crippen molar-refractivity contribution in [1.29, 1.82) is 0 Å². The first-order valence-corrected chi connectivity index (χ1v) is 13.5. The summed E-state index contributed by atoms with van der Waals surface area (Å²) in [6.07, 6.45) is 4.27. The van der Waals surface area contributed by atoms with Crippen molar-refractivity contribution < 1.29 is 4.74 Å². The molecular weight excluding hydrogens is 488 g/mol. The Morgan fingerprint density at radius 2 is 1.18 bits per heavy atom. The fourth-order valence-electron chi connectivity index (χ4n) is 5.67. The van der Waals surface area contributed by atoms with Crippen molar-refractivity contribution in [3.05, 3.63) is 145 Å². The van der Waals surface area contributed by atoms with E-state index in [-0.39, 0.29) is 0 Å². The molecule has 7 aromatic rings. The number of fused-ring (bicyclic) bond motifs is 5. The van der Waals surface area contributed by atoms with Gasteiger partial charge in [0.15, 0.2) is 0 Å². The highest BCUT2D eigenvalue weighted by Gasteiger charge is 2.19. The molecule has 0 spiro atoms. The minimum atomic E-state index is 0.854. The van der Waals surface area contributed by atoms with Gasteiger partial charge in [-0.3, -0.25) is 4.57 Å². The number of hydrogen-bond acceptors (Lipinski definition) is 2. The Morgan fingerprint density at radius 1 is 0.475 bits per heavy atom. The maximum atomic E-state index is 6.44. The summed E-state index contributed by atoms with van der Waals surface area (Å²) in [5.41, 5.74) is 8.63. The second-order valence-corrected chi connectivity index (χ2v) is 10.1. The van der Waals surface area contributed by atoms with Crippen LogP contribution in [0.25, 0.3) is 62.2 Å². The molecule has 0 N–H and O–H groups in total. The fourth-order valence-corrected chi connectivity index (χ4v) is 5.67. The Kier molecular flexibility index (Phi) is 5.14. The number of para-hydroxylation sites is 2. The van der Waals surface area contributed by atoms with Crippen LogP contribution in [0.5, 0.6) is 11.5 Å². The predicted molar refractivity (Wildman–Crippen MR) is 165 cm³/mol. The van der Waals surface area contributed by atoms with E-state index in [1.54, 1.807) is 0 Å². The predicted octanol–water partition coefficient (Wildman–Crippen LogP) is 9.79. The first kappa shape index (κ1) is 22.6. The van der Waals surface area contributed by atoms with Gasteiger partial charge in [0.05, 0.1) is 16.7 Å². The lowest BCUT2D eigenvalue weighted by atomic mass is 10.0. The van der Waals surface area contributed by atoms with E-state index in [1.165, 1.54) is 5.39 Å². The van der Waals surface area contributed by atoms with Crippen LogP contribution in [-0.4, -0.2) is 9.55 Å². The lowest BCUT2D eigenvalue weighted by Crippen LogP contribution is -2.00. The molecular formula is C37H24N2O. The molecule has 3 nitrogen and oxygen atoms in total. The van der Waals surface area contributed by atoms with Gasteiger partial charge >= 0.3 is 0 Å². The smallest absolute Gasteiger partial charge is 0.138 e. The SMILES string of the molecule is C1=Cc2cc3c(cc2Oc2ccccc21)c1ccccc1n3-c1cc(-c2ccccc2)cc(-c2ccccc2)n1. The normalized spacial score (nSPS) is 12.1. The van der Waals surface area contributed by atoms with Gasteiger partial charge < -0.3 is 4.74 Å². The summed E-state index contributed by atoms with van der Waals surface area (Å²) in [4.78, 5) is 5.25. The molecule has 3 heteroatoms. The summed E-state index contributed by atoms with van der Waals surface area (Å²) in [5.74, 6) is 2.60.